The molecule has 5 heterocycles. The molecule has 0 aromatic carbocycles. The lowest BCUT2D eigenvalue weighted by molar-refractivity contribution is 0.265. The van der Waals surface area contributed by atoms with Crippen LogP contribution < -0.4 is 10.2 Å². The Hall–Kier alpha value is -3.40. The molecule has 0 spiro atoms. The standard InChI is InChI=1S/C18H21N9O/c1-24-9-16(20-11-24)25-8-15(19-12-25)21-17-14-5-3-7-27(14)23-18(22-17)26-6-2-4-13(26)10-28/h3,5,7-9,11-13,28H,2,4,6,10H2,1H3,(H,21,22,23)/t13-/m0/s1. The average Bonchev–Trinajstić information content (AvgIpc) is 3.47. The van der Waals surface area contributed by atoms with E-state index >= 15 is 0 Å². The lowest BCUT2D eigenvalue weighted by Crippen LogP contribution is -2.34. The Morgan fingerprint density at radius 2 is 2.18 bits per heavy atom. The second kappa shape index (κ2) is 6.64. The number of aliphatic hydroxyl groups is 1. The number of fused-ring (bicyclic) bond motifs is 1. The summed E-state index contributed by atoms with van der Waals surface area (Å²) >= 11 is 0. The third kappa shape index (κ3) is 2.87. The van der Waals surface area contributed by atoms with E-state index in [9.17, 15) is 5.11 Å². The molecule has 0 radical (unpaired) electrons. The fourth-order valence-corrected chi connectivity index (χ4v) is 3.59. The van der Waals surface area contributed by atoms with Crippen molar-refractivity contribution in [2.75, 3.05) is 23.4 Å². The molecule has 0 amide bonds. The van der Waals surface area contributed by atoms with Gasteiger partial charge >= 0.3 is 0 Å². The van der Waals surface area contributed by atoms with Gasteiger partial charge in [0.25, 0.3) is 0 Å². The number of aromatic nitrogens is 7. The van der Waals surface area contributed by atoms with Gasteiger partial charge in [0.15, 0.2) is 11.6 Å². The molecule has 0 aliphatic carbocycles. The average molecular weight is 379 g/mol. The molecule has 10 nitrogen and oxygen atoms in total. The zero-order valence-electron chi connectivity index (χ0n) is 15.5. The lowest BCUT2D eigenvalue weighted by Gasteiger charge is -2.23. The molecule has 4 aromatic rings. The van der Waals surface area contributed by atoms with Crippen molar-refractivity contribution in [1.82, 2.24) is 33.7 Å². The number of aryl methyl sites for hydroxylation is 1. The predicted octanol–water partition coefficient (Wildman–Crippen LogP) is 1.35. The molecule has 144 valence electrons. The SMILES string of the molecule is Cn1cnc(-n2cnc(Nc3nc(N4CCC[C@H]4CO)nn4cccc34)c2)c1. The summed E-state index contributed by atoms with van der Waals surface area (Å²) in [5, 5.41) is 17.6. The van der Waals surface area contributed by atoms with Gasteiger partial charge in [-0.05, 0) is 25.0 Å². The predicted molar refractivity (Wildman–Crippen MR) is 104 cm³/mol. The fourth-order valence-electron chi connectivity index (χ4n) is 3.59. The lowest BCUT2D eigenvalue weighted by atomic mass is 10.2. The van der Waals surface area contributed by atoms with Crippen molar-refractivity contribution in [1.29, 1.82) is 0 Å². The molecule has 0 unspecified atom stereocenters. The van der Waals surface area contributed by atoms with Crippen LogP contribution >= 0.6 is 0 Å². The van der Waals surface area contributed by atoms with Crippen molar-refractivity contribution >= 4 is 23.1 Å². The van der Waals surface area contributed by atoms with Crippen LogP contribution in [0, 0.1) is 0 Å². The first kappa shape index (κ1) is 16.8. The summed E-state index contributed by atoms with van der Waals surface area (Å²) < 4.78 is 5.53. The molecule has 1 saturated heterocycles. The third-order valence-electron chi connectivity index (χ3n) is 5.01. The first-order valence-corrected chi connectivity index (χ1v) is 9.23. The molecule has 1 fully saturated rings. The summed E-state index contributed by atoms with van der Waals surface area (Å²) in [5.41, 5.74) is 0.857. The summed E-state index contributed by atoms with van der Waals surface area (Å²) in [6.45, 7) is 0.941. The highest BCUT2D eigenvalue weighted by molar-refractivity contribution is 5.73. The minimum Gasteiger partial charge on any atom is -0.394 e. The van der Waals surface area contributed by atoms with Crippen LogP contribution in [0.25, 0.3) is 11.3 Å². The minimum absolute atomic E-state index is 0.0595. The Kier molecular flexibility index (Phi) is 3.97. The highest BCUT2D eigenvalue weighted by atomic mass is 16.3. The molecular weight excluding hydrogens is 358 g/mol. The Bertz CT molecular complexity index is 1110. The Labute approximate surface area is 161 Å². The number of rotatable bonds is 5. The number of anilines is 3. The molecule has 4 aromatic heterocycles. The molecule has 2 N–H and O–H groups in total. The van der Waals surface area contributed by atoms with Gasteiger partial charge in [-0.3, -0.25) is 4.57 Å². The summed E-state index contributed by atoms with van der Waals surface area (Å²) in [6.07, 6.45) is 11.1. The van der Waals surface area contributed by atoms with Crippen molar-refractivity contribution < 1.29 is 5.11 Å². The van der Waals surface area contributed by atoms with Gasteiger partial charge in [-0.1, -0.05) is 0 Å². The van der Waals surface area contributed by atoms with Gasteiger partial charge in [0.05, 0.1) is 25.2 Å². The highest BCUT2D eigenvalue weighted by Gasteiger charge is 2.27. The number of hydrogen-bond donors (Lipinski definition) is 2. The van der Waals surface area contributed by atoms with Gasteiger partial charge in [-0.2, -0.15) is 4.98 Å². The molecule has 1 atom stereocenters. The Balaban J connectivity index is 1.48. The van der Waals surface area contributed by atoms with E-state index in [-0.39, 0.29) is 12.6 Å². The van der Waals surface area contributed by atoms with E-state index in [4.69, 9.17) is 4.98 Å². The summed E-state index contributed by atoms with van der Waals surface area (Å²) in [7, 11) is 1.93. The zero-order chi connectivity index (χ0) is 19.1. The molecule has 10 heteroatoms. The van der Waals surface area contributed by atoms with E-state index in [0.29, 0.717) is 17.6 Å². The van der Waals surface area contributed by atoms with Crippen molar-refractivity contribution in [2.45, 2.75) is 18.9 Å². The maximum atomic E-state index is 9.65. The summed E-state index contributed by atoms with van der Waals surface area (Å²) in [5.74, 6) is 2.73. The molecule has 0 bridgehead atoms. The van der Waals surface area contributed by atoms with Crippen LogP contribution in [0.4, 0.5) is 17.6 Å². The smallest absolute Gasteiger partial charge is 0.245 e. The van der Waals surface area contributed by atoms with Crippen molar-refractivity contribution in [2.24, 2.45) is 7.05 Å². The number of hydrogen-bond acceptors (Lipinski definition) is 7. The largest absolute Gasteiger partial charge is 0.394 e. The van der Waals surface area contributed by atoms with Crippen LogP contribution in [0.1, 0.15) is 12.8 Å². The van der Waals surface area contributed by atoms with Gasteiger partial charge in [-0.15, -0.1) is 5.10 Å². The van der Waals surface area contributed by atoms with E-state index in [1.807, 2.05) is 46.9 Å². The number of aliphatic hydroxyl groups excluding tert-OH is 1. The quantitative estimate of drug-likeness (QED) is 0.540. The first-order valence-electron chi connectivity index (χ1n) is 9.23. The number of imidazole rings is 2. The van der Waals surface area contributed by atoms with Gasteiger partial charge in [-0.25, -0.2) is 14.5 Å². The Morgan fingerprint density at radius 1 is 1.25 bits per heavy atom. The van der Waals surface area contributed by atoms with Crippen LogP contribution in [-0.2, 0) is 7.05 Å². The van der Waals surface area contributed by atoms with Gasteiger partial charge in [0, 0.05) is 26.0 Å². The van der Waals surface area contributed by atoms with Crippen molar-refractivity contribution in [3.05, 3.63) is 43.4 Å². The second-order valence-electron chi connectivity index (χ2n) is 6.96. The van der Waals surface area contributed by atoms with Gasteiger partial charge in [0.1, 0.15) is 17.7 Å². The van der Waals surface area contributed by atoms with Crippen molar-refractivity contribution in [3.8, 4) is 5.82 Å². The van der Waals surface area contributed by atoms with Crippen molar-refractivity contribution in [3.63, 3.8) is 0 Å². The zero-order valence-corrected chi connectivity index (χ0v) is 15.5. The molecule has 1 aliphatic heterocycles. The molecule has 5 rings (SSSR count). The maximum absolute atomic E-state index is 9.65. The fraction of sp³-hybridized carbons (Fsp3) is 0.333. The van der Waals surface area contributed by atoms with Gasteiger partial charge in [0.2, 0.25) is 5.95 Å². The maximum Gasteiger partial charge on any atom is 0.245 e. The monoisotopic (exact) mass is 379 g/mol. The van der Waals surface area contributed by atoms with E-state index in [2.05, 4.69) is 25.3 Å². The number of nitrogens with zero attached hydrogens (tertiary/aromatic N) is 8. The minimum atomic E-state index is 0.0595. The summed E-state index contributed by atoms with van der Waals surface area (Å²) in [6, 6.07) is 3.94. The van der Waals surface area contributed by atoms with Crippen LogP contribution in [-0.4, -0.2) is 58.0 Å². The summed E-state index contributed by atoms with van der Waals surface area (Å²) in [4.78, 5) is 15.6. The van der Waals surface area contributed by atoms with Crippen LogP contribution in [0.3, 0.4) is 0 Å². The van der Waals surface area contributed by atoms with Gasteiger partial charge < -0.3 is 19.9 Å². The highest BCUT2D eigenvalue weighted by Crippen LogP contribution is 2.26. The van der Waals surface area contributed by atoms with E-state index in [0.717, 1.165) is 30.7 Å². The second-order valence-corrected chi connectivity index (χ2v) is 6.96. The third-order valence-corrected chi connectivity index (χ3v) is 5.01. The van der Waals surface area contributed by atoms with Crippen LogP contribution in [0.2, 0.25) is 0 Å². The topological polar surface area (TPSA) is 101 Å². The molecule has 28 heavy (non-hydrogen) atoms. The van der Waals surface area contributed by atoms with Crippen LogP contribution in [0.5, 0.6) is 0 Å². The number of nitrogens with one attached hydrogen (secondary N) is 1. The first-order chi connectivity index (χ1) is 13.7. The van der Waals surface area contributed by atoms with E-state index in [1.165, 1.54) is 0 Å². The van der Waals surface area contributed by atoms with Crippen LogP contribution in [0.15, 0.2) is 43.4 Å². The molecule has 1 aliphatic rings. The normalized spacial score (nSPS) is 16.9. The van der Waals surface area contributed by atoms with E-state index < -0.39 is 0 Å². The molecule has 0 saturated carbocycles. The van der Waals surface area contributed by atoms with E-state index in [1.54, 1.807) is 17.2 Å². The Morgan fingerprint density at radius 3 is 3.00 bits per heavy atom. The molecular formula is C18H21N9O.